The first-order chi connectivity index (χ1) is 18.0. The van der Waals surface area contributed by atoms with Crippen molar-refractivity contribution in [3.05, 3.63) is 62.8 Å². The van der Waals surface area contributed by atoms with Crippen molar-refractivity contribution in [3.8, 4) is 5.75 Å². The fraction of sp³-hybridized carbons (Fsp3) is 0.462. The quantitative estimate of drug-likeness (QED) is 0.416. The summed E-state index contributed by atoms with van der Waals surface area (Å²) in [6.45, 7) is 5.24. The van der Waals surface area contributed by atoms with Gasteiger partial charge in [0, 0.05) is 43.0 Å². The summed E-state index contributed by atoms with van der Waals surface area (Å²) in [5.74, 6) is -6.02. The maximum absolute atomic E-state index is 14.0. The highest BCUT2D eigenvalue weighted by molar-refractivity contribution is 5.99. The van der Waals surface area contributed by atoms with Gasteiger partial charge >= 0.3 is 0 Å². The minimum absolute atomic E-state index is 0.189. The summed E-state index contributed by atoms with van der Waals surface area (Å²) < 4.78 is 42.6. The number of aromatic hydroxyl groups is 1. The van der Waals surface area contributed by atoms with E-state index in [0.717, 1.165) is 24.8 Å². The third-order valence-corrected chi connectivity index (χ3v) is 6.98. The topological polar surface area (TPSA) is 113 Å². The van der Waals surface area contributed by atoms with Gasteiger partial charge in [0.05, 0.1) is 11.8 Å². The van der Waals surface area contributed by atoms with Gasteiger partial charge in [-0.2, -0.15) is 0 Å². The van der Waals surface area contributed by atoms with Crippen LogP contribution in [-0.4, -0.2) is 50.8 Å². The van der Waals surface area contributed by atoms with Crippen molar-refractivity contribution in [2.75, 3.05) is 6.54 Å². The van der Waals surface area contributed by atoms with Gasteiger partial charge in [-0.1, -0.05) is 18.5 Å². The second-order valence-corrected chi connectivity index (χ2v) is 9.68. The molecule has 1 fully saturated rings. The Morgan fingerprint density at radius 3 is 2.55 bits per heavy atom. The molecule has 1 aromatic carbocycles. The van der Waals surface area contributed by atoms with Crippen molar-refractivity contribution < 1.29 is 32.7 Å². The molecule has 1 saturated heterocycles. The van der Waals surface area contributed by atoms with Crippen LogP contribution in [0, 0.1) is 17.5 Å². The molecule has 2 aliphatic heterocycles. The second-order valence-electron chi connectivity index (χ2n) is 9.68. The van der Waals surface area contributed by atoms with E-state index in [1.54, 1.807) is 4.90 Å². The molecule has 38 heavy (non-hydrogen) atoms. The number of nitrogens with zero attached hydrogens (tertiary/aromatic N) is 3. The number of carbonyl (C=O) groups excluding carboxylic acids is 2. The predicted molar refractivity (Wildman–Crippen MR) is 132 cm³/mol. The highest BCUT2D eigenvalue weighted by atomic mass is 19.1. The van der Waals surface area contributed by atoms with E-state index in [1.807, 2.05) is 20.8 Å². The highest BCUT2D eigenvalue weighted by Gasteiger charge is 2.43. The van der Waals surface area contributed by atoms with E-state index in [1.165, 1.54) is 4.57 Å². The Balaban J connectivity index is 1.70. The molecule has 2 amide bonds. The number of oxime groups is 1. The van der Waals surface area contributed by atoms with Gasteiger partial charge < -0.3 is 24.7 Å². The largest absolute Gasteiger partial charge is 0.503 e. The fourth-order valence-electron chi connectivity index (χ4n) is 4.89. The molecule has 2 aliphatic rings. The van der Waals surface area contributed by atoms with Crippen LogP contribution < -0.4 is 10.7 Å². The molecule has 12 heteroatoms. The minimum Gasteiger partial charge on any atom is -0.503 e. The molecule has 9 nitrogen and oxygen atoms in total. The summed E-state index contributed by atoms with van der Waals surface area (Å²) in [6.07, 6.45) is 3.36. The zero-order valence-corrected chi connectivity index (χ0v) is 21.3. The Morgan fingerprint density at radius 1 is 1.21 bits per heavy atom. The van der Waals surface area contributed by atoms with Crippen molar-refractivity contribution >= 4 is 17.5 Å². The van der Waals surface area contributed by atoms with Gasteiger partial charge in [0.2, 0.25) is 5.43 Å². The second kappa shape index (κ2) is 10.9. The van der Waals surface area contributed by atoms with Crippen molar-refractivity contribution in [2.45, 2.75) is 71.2 Å². The van der Waals surface area contributed by atoms with Crippen molar-refractivity contribution in [3.63, 3.8) is 0 Å². The number of halogens is 3. The lowest BCUT2D eigenvalue weighted by atomic mass is 10.0. The van der Waals surface area contributed by atoms with E-state index in [4.69, 9.17) is 4.84 Å². The van der Waals surface area contributed by atoms with Crippen LogP contribution in [0.2, 0.25) is 0 Å². The average molecular weight is 535 g/mol. The number of benzene rings is 1. The lowest BCUT2D eigenvalue weighted by Crippen LogP contribution is -2.49. The Morgan fingerprint density at radius 2 is 1.89 bits per heavy atom. The van der Waals surface area contributed by atoms with Gasteiger partial charge in [-0.25, -0.2) is 13.2 Å². The third kappa shape index (κ3) is 5.11. The van der Waals surface area contributed by atoms with Crippen LogP contribution >= 0.6 is 0 Å². The Kier molecular flexibility index (Phi) is 7.79. The Hall–Kier alpha value is -3.83. The molecule has 3 heterocycles. The number of pyridine rings is 1. The standard InChI is InChI=1S/C26H29F3N4O5/c1-4-5-13(2)31-38-21-7-6-14(3)32-12-20(21)33-11-17(23(34)24(35)22(33)26(32)37)25(36)30-10-16-18(28)8-15(27)9-19(16)29/h8-9,11,14,20-21,35H,4-7,10,12H2,1-3H3,(H,30,36)/b31-13+. The van der Waals surface area contributed by atoms with Crippen molar-refractivity contribution in [1.82, 2.24) is 14.8 Å². The van der Waals surface area contributed by atoms with Gasteiger partial charge in [0.25, 0.3) is 11.8 Å². The minimum atomic E-state index is -1.20. The Bertz CT molecular complexity index is 1340. The molecule has 0 aliphatic carbocycles. The molecular weight excluding hydrogens is 505 g/mol. The van der Waals surface area contributed by atoms with Crippen molar-refractivity contribution in [1.29, 1.82) is 0 Å². The van der Waals surface area contributed by atoms with Crippen LogP contribution in [0.5, 0.6) is 5.75 Å². The van der Waals surface area contributed by atoms with E-state index < -0.39 is 70.3 Å². The molecule has 0 radical (unpaired) electrons. The number of carbonyl (C=O) groups is 2. The van der Waals surface area contributed by atoms with Gasteiger partial charge in [0.15, 0.2) is 11.4 Å². The zero-order valence-electron chi connectivity index (χ0n) is 21.3. The number of fused-ring (bicyclic) bond motifs is 4. The van der Waals surface area contributed by atoms with Crippen molar-refractivity contribution in [2.24, 2.45) is 5.16 Å². The molecule has 4 rings (SSSR count). The fourth-order valence-corrected chi connectivity index (χ4v) is 4.89. The van der Waals surface area contributed by atoms with Gasteiger partial charge in [-0.05, 0) is 33.1 Å². The summed E-state index contributed by atoms with van der Waals surface area (Å²) in [4.78, 5) is 46.5. The lowest BCUT2D eigenvalue weighted by Gasteiger charge is -2.38. The molecule has 2 bridgehead atoms. The maximum atomic E-state index is 14.0. The number of aromatic nitrogens is 1. The first-order valence-corrected chi connectivity index (χ1v) is 12.4. The smallest absolute Gasteiger partial charge is 0.274 e. The molecule has 2 aromatic rings. The van der Waals surface area contributed by atoms with Crippen LogP contribution in [0.4, 0.5) is 13.2 Å². The molecule has 3 unspecified atom stereocenters. The molecule has 1 aromatic heterocycles. The van der Waals surface area contributed by atoms with Crippen LogP contribution in [0.1, 0.15) is 78.9 Å². The van der Waals surface area contributed by atoms with Crippen LogP contribution in [-0.2, 0) is 11.4 Å². The third-order valence-electron chi connectivity index (χ3n) is 6.98. The average Bonchev–Trinajstić information content (AvgIpc) is 2.99. The van der Waals surface area contributed by atoms with Crippen LogP contribution in [0.25, 0.3) is 0 Å². The predicted octanol–water partition coefficient (Wildman–Crippen LogP) is 3.64. The van der Waals surface area contributed by atoms with E-state index in [0.29, 0.717) is 25.0 Å². The highest BCUT2D eigenvalue weighted by Crippen LogP contribution is 2.36. The molecule has 0 spiro atoms. The number of amides is 2. The van der Waals surface area contributed by atoms with Gasteiger partial charge in [0.1, 0.15) is 29.1 Å². The molecule has 0 saturated carbocycles. The summed E-state index contributed by atoms with van der Waals surface area (Å²) in [7, 11) is 0. The van der Waals surface area contributed by atoms with Gasteiger partial charge in [-0.15, -0.1) is 0 Å². The van der Waals surface area contributed by atoms with Crippen LogP contribution in [0.3, 0.4) is 0 Å². The van der Waals surface area contributed by atoms with E-state index >= 15 is 0 Å². The lowest BCUT2D eigenvalue weighted by molar-refractivity contribution is 0.00751. The zero-order chi connectivity index (χ0) is 27.7. The summed E-state index contributed by atoms with van der Waals surface area (Å²) in [6, 6.07) is 0.181. The van der Waals surface area contributed by atoms with E-state index in [9.17, 15) is 32.7 Å². The van der Waals surface area contributed by atoms with E-state index in [-0.39, 0.29) is 18.3 Å². The number of hydrogen-bond acceptors (Lipinski definition) is 6. The number of nitrogens with one attached hydrogen (secondary N) is 1. The Labute approximate surface area is 216 Å². The monoisotopic (exact) mass is 534 g/mol. The van der Waals surface area contributed by atoms with Crippen LogP contribution in [0.15, 0.2) is 28.3 Å². The molecule has 2 N–H and O–H groups in total. The number of rotatable bonds is 7. The first kappa shape index (κ1) is 27.2. The number of hydrogen-bond donors (Lipinski definition) is 2. The normalized spacial score (nSPS) is 21.1. The van der Waals surface area contributed by atoms with Gasteiger partial charge in [-0.3, -0.25) is 14.4 Å². The molecular formula is C26H29F3N4O5. The van der Waals surface area contributed by atoms with E-state index in [2.05, 4.69) is 10.5 Å². The first-order valence-electron chi connectivity index (χ1n) is 12.4. The summed E-state index contributed by atoms with van der Waals surface area (Å²) in [5, 5.41) is 17.2. The summed E-state index contributed by atoms with van der Waals surface area (Å²) >= 11 is 0. The SMILES string of the molecule is CCC/C(C)=N/OC1CCC(C)N2CC1n1cc(C(=O)NCc3c(F)cc(F)cc3F)c(=O)c(O)c1C2=O. The molecule has 3 atom stereocenters. The molecule has 204 valence electrons. The summed E-state index contributed by atoms with van der Waals surface area (Å²) in [5.41, 5.74) is -1.72. The maximum Gasteiger partial charge on any atom is 0.274 e.